The minimum atomic E-state index is -1.75. The Morgan fingerprint density at radius 1 is 1.10 bits per heavy atom. The van der Waals surface area contributed by atoms with E-state index >= 15 is 8.78 Å². The summed E-state index contributed by atoms with van der Waals surface area (Å²) in [6.07, 6.45) is 3.76. The molecule has 1 unspecified atom stereocenters. The largest absolute Gasteiger partial charge is 1.00 e. The molecule has 2 fully saturated rings. The van der Waals surface area contributed by atoms with E-state index in [1.165, 1.54) is 0 Å². The number of carboxylic acids is 1. The van der Waals surface area contributed by atoms with Gasteiger partial charge in [0.15, 0.2) is 17.7 Å². The number of nitrogens with zero attached hydrogens (tertiary/aromatic N) is 2. The SMILES string of the molecule is CC(C)(C)OC(=O)N1CCC[C@H]1[C@@]1(c2ccccc2)Cc2c(cc(F)c(Cl)c2-c2c(C(=O)[O-])cnc(OCCOC3CCCCO3)c2F)O1.[Na+]. The molecule has 3 atom stereocenters. The van der Waals surface area contributed by atoms with Crippen LogP contribution in [0.1, 0.15) is 74.4 Å². The van der Waals surface area contributed by atoms with Gasteiger partial charge in [0, 0.05) is 54.1 Å². The molecule has 3 aromatic rings. The molecule has 0 N–H and O–H groups in total. The second-order valence-electron chi connectivity index (χ2n) is 13.4. The quantitative estimate of drug-likeness (QED) is 0.242. The molecule has 2 saturated heterocycles. The third-order valence-electron chi connectivity index (χ3n) is 8.92. The fourth-order valence-electron chi connectivity index (χ4n) is 6.84. The van der Waals surface area contributed by atoms with Gasteiger partial charge in [-0.3, -0.25) is 0 Å². The third-order valence-corrected chi connectivity index (χ3v) is 9.29. The Balaban J connectivity index is 0.00000486. The smallest absolute Gasteiger partial charge is 0.545 e. The van der Waals surface area contributed by atoms with Crippen LogP contribution >= 0.6 is 11.6 Å². The Labute approximate surface area is 316 Å². The van der Waals surface area contributed by atoms with Crippen molar-refractivity contribution in [1.29, 1.82) is 0 Å². The molecule has 2 aromatic carbocycles. The van der Waals surface area contributed by atoms with E-state index in [-0.39, 0.29) is 66.1 Å². The first kappa shape index (κ1) is 38.2. The first-order chi connectivity index (χ1) is 23.4. The summed E-state index contributed by atoms with van der Waals surface area (Å²) in [7, 11) is 0. The number of amides is 1. The fraction of sp³-hybridized carbons (Fsp3) is 0.472. The number of ether oxygens (including phenoxy) is 5. The summed E-state index contributed by atoms with van der Waals surface area (Å²) in [4.78, 5) is 31.3. The van der Waals surface area contributed by atoms with Crippen LogP contribution in [0, 0.1) is 11.6 Å². The molecule has 262 valence electrons. The van der Waals surface area contributed by atoms with Gasteiger partial charge in [-0.25, -0.2) is 18.6 Å². The maximum absolute atomic E-state index is 16.4. The van der Waals surface area contributed by atoms with Gasteiger partial charge in [0.2, 0.25) is 0 Å². The number of aromatic carboxylic acids is 1. The Hall–Kier alpha value is -3.00. The van der Waals surface area contributed by atoms with E-state index in [0.29, 0.717) is 31.6 Å². The van der Waals surface area contributed by atoms with Crippen molar-refractivity contribution in [3.05, 3.63) is 75.9 Å². The van der Waals surface area contributed by atoms with Gasteiger partial charge in [0.25, 0.3) is 5.88 Å². The Kier molecular flexibility index (Phi) is 12.0. The van der Waals surface area contributed by atoms with Crippen molar-refractivity contribution in [2.24, 2.45) is 0 Å². The molecule has 0 saturated carbocycles. The van der Waals surface area contributed by atoms with E-state index in [9.17, 15) is 14.7 Å². The third kappa shape index (κ3) is 7.75. The number of halogens is 3. The molecule has 1 aromatic heterocycles. The van der Waals surface area contributed by atoms with E-state index in [1.807, 2.05) is 30.3 Å². The van der Waals surface area contributed by atoms with Gasteiger partial charge in [-0.05, 0) is 58.4 Å². The van der Waals surface area contributed by atoms with E-state index in [4.69, 9.17) is 35.3 Å². The van der Waals surface area contributed by atoms with Gasteiger partial charge in [-0.1, -0.05) is 41.9 Å². The van der Waals surface area contributed by atoms with E-state index in [2.05, 4.69) is 4.98 Å². The van der Waals surface area contributed by atoms with Gasteiger partial charge < -0.3 is 38.5 Å². The zero-order valence-electron chi connectivity index (χ0n) is 28.6. The van der Waals surface area contributed by atoms with E-state index < -0.39 is 69.3 Å². The fourth-order valence-corrected chi connectivity index (χ4v) is 7.11. The van der Waals surface area contributed by atoms with Gasteiger partial charge in [-0.15, -0.1) is 0 Å². The molecule has 3 aliphatic rings. The Bertz CT molecular complexity index is 1720. The maximum Gasteiger partial charge on any atom is 1.00 e. The Morgan fingerprint density at radius 3 is 2.54 bits per heavy atom. The molecule has 14 heteroatoms. The zero-order chi connectivity index (χ0) is 34.9. The summed E-state index contributed by atoms with van der Waals surface area (Å²) in [5.74, 6) is -4.37. The van der Waals surface area contributed by atoms with Gasteiger partial charge in [0.1, 0.15) is 23.8 Å². The molecule has 0 spiro atoms. The van der Waals surface area contributed by atoms with Crippen molar-refractivity contribution in [3.63, 3.8) is 0 Å². The number of benzene rings is 2. The zero-order valence-corrected chi connectivity index (χ0v) is 31.3. The van der Waals surface area contributed by atoms with Crippen LogP contribution in [0.4, 0.5) is 13.6 Å². The molecular formula is C36H38ClF2N2NaO8. The van der Waals surface area contributed by atoms with Crippen molar-refractivity contribution < 1.29 is 76.7 Å². The van der Waals surface area contributed by atoms with Crippen LogP contribution in [0.3, 0.4) is 0 Å². The van der Waals surface area contributed by atoms with E-state index in [1.54, 1.807) is 25.7 Å². The maximum atomic E-state index is 16.4. The average molecular weight is 723 g/mol. The molecule has 0 bridgehead atoms. The van der Waals surface area contributed by atoms with Gasteiger partial charge in [-0.2, -0.15) is 0 Å². The second-order valence-corrected chi connectivity index (χ2v) is 13.7. The van der Waals surface area contributed by atoms with Crippen molar-refractivity contribution in [2.75, 3.05) is 26.4 Å². The molecule has 0 aliphatic carbocycles. The summed E-state index contributed by atoms with van der Waals surface area (Å²) < 4.78 is 61.3. The normalized spacial score (nSPS) is 21.6. The number of rotatable bonds is 9. The summed E-state index contributed by atoms with van der Waals surface area (Å²) >= 11 is 6.59. The summed E-state index contributed by atoms with van der Waals surface area (Å²) in [5.41, 5.74) is -2.55. The first-order valence-electron chi connectivity index (χ1n) is 16.4. The predicted octanol–water partition coefficient (Wildman–Crippen LogP) is 3.20. The number of carboxylic acid groups (broad SMARTS) is 1. The number of hydrogen-bond donors (Lipinski definition) is 0. The number of hydrogen-bond acceptors (Lipinski definition) is 9. The summed E-state index contributed by atoms with van der Waals surface area (Å²) in [5, 5.41) is 11.8. The number of pyridine rings is 1. The van der Waals surface area contributed by atoms with Crippen LogP contribution in [0.5, 0.6) is 11.6 Å². The first-order valence-corrected chi connectivity index (χ1v) is 16.8. The van der Waals surface area contributed by atoms with Crippen LogP contribution < -0.4 is 44.1 Å². The van der Waals surface area contributed by atoms with Crippen LogP contribution in [-0.2, 0) is 26.2 Å². The number of likely N-dealkylation sites (tertiary alicyclic amines) is 1. The number of fused-ring (bicyclic) bond motifs is 1. The molecule has 3 aliphatic heterocycles. The summed E-state index contributed by atoms with van der Waals surface area (Å²) in [6, 6.07) is 9.64. The van der Waals surface area contributed by atoms with Crippen molar-refractivity contribution >= 4 is 23.7 Å². The van der Waals surface area contributed by atoms with Crippen molar-refractivity contribution in [3.8, 4) is 22.8 Å². The van der Waals surface area contributed by atoms with Gasteiger partial charge in [0.05, 0.1) is 23.6 Å². The van der Waals surface area contributed by atoms with Crippen molar-refractivity contribution in [1.82, 2.24) is 9.88 Å². The standard InChI is InChI=1S/C36H39ClF2N2O8.Na/c1-35(2,3)49-34(44)41-14-9-12-26(41)36(21-10-5-4-6-11-21)19-22-25(48-36)18-24(38)30(37)28(22)29-23(33(42)43)20-40-32(31(29)39)47-17-16-46-27-13-7-8-15-45-27;/h4-6,10-11,18,20,26-27H,7-9,12-17,19H2,1-3H3,(H,42,43);/q;+1/p-1/t26-,27?,36-;/m0./s1. The summed E-state index contributed by atoms with van der Waals surface area (Å²) in [6.45, 7) is 6.24. The second kappa shape index (κ2) is 15.7. The molecule has 6 rings (SSSR count). The molecular weight excluding hydrogens is 685 g/mol. The molecule has 10 nitrogen and oxygen atoms in total. The molecule has 0 radical (unpaired) electrons. The monoisotopic (exact) mass is 722 g/mol. The van der Waals surface area contributed by atoms with Crippen LogP contribution in [-0.4, -0.2) is 66.2 Å². The van der Waals surface area contributed by atoms with Crippen LogP contribution in [0.15, 0.2) is 42.6 Å². The van der Waals surface area contributed by atoms with Gasteiger partial charge >= 0.3 is 35.7 Å². The number of aromatic nitrogens is 1. The minimum absolute atomic E-state index is 0. The topological polar surface area (TPSA) is 119 Å². The van der Waals surface area contributed by atoms with Crippen LogP contribution in [0.25, 0.3) is 11.1 Å². The van der Waals surface area contributed by atoms with E-state index in [0.717, 1.165) is 31.5 Å². The number of carbonyl (C=O) groups excluding carboxylic acids is 2. The molecule has 1 amide bonds. The average Bonchev–Trinajstić information content (AvgIpc) is 3.71. The molecule has 50 heavy (non-hydrogen) atoms. The molecule has 4 heterocycles. The minimum Gasteiger partial charge on any atom is -0.545 e. The Morgan fingerprint density at radius 2 is 1.86 bits per heavy atom. The van der Waals surface area contributed by atoms with Crippen molar-refractivity contribution in [2.45, 2.75) is 82.8 Å². The van der Waals surface area contributed by atoms with Crippen LogP contribution in [0.2, 0.25) is 5.02 Å². The predicted molar refractivity (Wildman–Crippen MR) is 172 cm³/mol. The number of carbonyl (C=O) groups is 2.